The molecule has 0 rings (SSSR count). The summed E-state index contributed by atoms with van der Waals surface area (Å²) in [6, 6.07) is -0.920. The Morgan fingerprint density at radius 1 is 0.848 bits per heavy atom. The van der Waals surface area contributed by atoms with E-state index in [-0.39, 0.29) is 5.92 Å². The highest BCUT2D eigenvalue weighted by atomic mass is 16.6. The molecule has 0 aliphatic carbocycles. The summed E-state index contributed by atoms with van der Waals surface area (Å²) in [5.41, 5.74) is -3.39. The molecule has 0 unspecified atom stereocenters. The van der Waals surface area contributed by atoms with E-state index in [0.29, 0.717) is 6.42 Å². The van der Waals surface area contributed by atoms with Crippen molar-refractivity contribution in [1.29, 1.82) is 0 Å². The van der Waals surface area contributed by atoms with Crippen molar-refractivity contribution in [2.75, 3.05) is 13.7 Å². The van der Waals surface area contributed by atoms with Crippen LogP contribution in [0, 0.1) is 5.92 Å². The minimum absolute atomic E-state index is 0.0782. The van der Waals surface area contributed by atoms with Crippen LogP contribution in [0.1, 0.15) is 68.7 Å². The summed E-state index contributed by atoms with van der Waals surface area (Å²) < 4.78 is 9.84. The normalized spacial score (nSPS) is 12.9. The van der Waals surface area contributed by atoms with Crippen LogP contribution in [0.2, 0.25) is 0 Å². The van der Waals surface area contributed by atoms with Crippen LogP contribution in [0.3, 0.4) is 0 Å². The number of rotatable bonds is 10. The fourth-order valence-electron chi connectivity index (χ4n) is 2.69. The van der Waals surface area contributed by atoms with Crippen LogP contribution in [0.4, 0.5) is 4.79 Å². The first-order valence-electron chi connectivity index (χ1n) is 10.8. The number of hydrogen-bond acceptors (Lipinski definition) is 7. The average molecular weight is 473 g/mol. The van der Waals surface area contributed by atoms with Crippen LogP contribution in [-0.4, -0.2) is 66.2 Å². The van der Waals surface area contributed by atoms with Crippen molar-refractivity contribution in [3.8, 4) is 0 Å². The molecular weight excluding hydrogens is 432 g/mol. The molecule has 11 nitrogen and oxygen atoms in total. The van der Waals surface area contributed by atoms with Crippen LogP contribution in [0.15, 0.2) is 0 Å². The third-order valence-corrected chi connectivity index (χ3v) is 4.28. The summed E-state index contributed by atoms with van der Waals surface area (Å²) in [6.07, 6.45) is -0.413. The topological polar surface area (TPSA) is 152 Å². The molecular formula is C22H40N4O7. The monoisotopic (exact) mass is 472 g/mol. The summed E-state index contributed by atoms with van der Waals surface area (Å²) in [7, 11) is 1.20. The molecule has 4 amide bonds. The molecule has 0 spiro atoms. The molecule has 0 saturated heterocycles. The maximum atomic E-state index is 12.8. The molecule has 0 heterocycles. The van der Waals surface area contributed by atoms with Crippen molar-refractivity contribution in [3.05, 3.63) is 0 Å². The van der Waals surface area contributed by atoms with Crippen LogP contribution in [-0.2, 0) is 28.7 Å². The Morgan fingerprint density at radius 3 is 1.85 bits per heavy atom. The van der Waals surface area contributed by atoms with Gasteiger partial charge in [-0.05, 0) is 60.8 Å². The van der Waals surface area contributed by atoms with Gasteiger partial charge in [-0.25, -0.2) is 9.59 Å². The molecule has 1 atom stereocenters. The zero-order chi connectivity index (χ0) is 26.2. The first-order chi connectivity index (χ1) is 14.8. The highest BCUT2D eigenvalue weighted by Gasteiger charge is 2.35. The average Bonchev–Trinajstić information content (AvgIpc) is 2.61. The Kier molecular flexibility index (Phi) is 10.8. The van der Waals surface area contributed by atoms with Gasteiger partial charge in [0.15, 0.2) is 0 Å². The van der Waals surface area contributed by atoms with Gasteiger partial charge in [-0.15, -0.1) is 0 Å². The van der Waals surface area contributed by atoms with Crippen molar-refractivity contribution in [3.63, 3.8) is 0 Å². The molecule has 0 saturated carbocycles. The first-order valence-corrected chi connectivity index (χ1v) is 10.8. The van der Waals surface area contributed by atoms with E-state index >= 15 is 0 Å². The molecule has 4 N–H and O–H groups in total. The van der Waals surface area contributed by atoms with E-state index in [0.717, 1.165) is 0 Å². The van der Waals surface area contributed by atoms with Gasteiger partial charge in [0.2, 0.25) is 17.7 Å². The van der Waals surface area contributed by atoms with Gasteiger partial charge in [0.1, 0.15) is 22.7 Å². The largest absolute Gasteiger partial charge is 0.467 e. The number of ether oxygens (including phenoxy) is 2. The summed E-state index contributed by atoms with van der Waals surface area (Å²) >= 11 is 0. The Labute approximate surface area is 196 Å². The van der Waals surface area contributed by atoms with Crippen molar-refractivity contribution >= 4 is 29.8 Å². The third kappa shape index (κ3) is 11.5. The van der Waals surface area contributed by atoms with Crippen LogP contribution in [0.5, 0.6) is 0 Å². The van der Waals surface area contributed by atoms with Gasteiger partial charge < -0.3 is 30.7 Å². The number of esters is 1. The minimum atomic E-state index is -1.39. The van der Waals surface area contributed by atoms with Gasteiger partial charge in [0.05, 0.1) is 13.7 Å². The fourth-order valence-corrected chi connectivity index (χ4v) is 2.69. The zero-order valence-corrected chi connectivity index (χ0v) is 21.4. The quantitative estimate of drug-likeness (QED) is 0.346. The van der Waals surface area contributed by atoms with Gasteiger partial charge in [0, 0.05) is 0 Å². The zero-order valence-electron chi connectivity index (χ0n) is 21.4. The number of hydrogen-bond donors (Lipinski definition) is 4. The Hall–Kier alpha value is -2.85. The van der Waals surface area contributed by atoms with Gasteiger partial charge in [-0.3, -0.25) is 14.4 Å². The van der Waals surface area contributed by atoms with Gasteiger partial charge >= 0.3 is 12.1 Å². The number of carbonyl (C=O) groups excluding carboxylic acids is 5. The molecule has 0 radical (unpaired) electrons. The second-order valence-corrected chi connectivity index (χ2v) is 10.3. The first kappa shape index (κ1) is 30.1. The highest BCUT2D eigenvalue weighted by molar-refractivity contribution is 5.95. The molecule has 11 heteroatoms. The summed E-state index contributed by atoms with van der Waals surface area (Å²) in [5.74, 6) is -2.35. The van der Waals surface area contributed by atoms with Crippen LogP contribution in [0.25, 0.3) is 0 Å². The lowest BCUT2D eigenvalue weighted by molar-refractivity contribution is -0.149. The molecule has 0 aromatic rings. The smallest absolute Gasteiger partial charge is 0.408 e. The lowest BCUT2D eigenvalue weighted by atomic mass is 9.99. The summed E-state index contributed by atoms with van der Waals surface area (Å²) in [4.78, 5) is 61.4. The van der Waals surface area contributed by atoms with E-state index in [1.165, 1.54) is 34.8 Å². The Balaban J connectivity index is 5.08. The SMILES string of the molecule is COC(=O)C(C)(C)NC(=O)CNC(=O)C(C)(C)NC(=O)[C@H](CC(C)C)NC(=O)OC(C)(C)C. The molecule has 33 heavy (non-hydrogen) atoms. The van der Waals surface area contributed by atoms with Crippen molar-refractivity contribution in [2.45, 2.75) is 91.5 Å². The summed E-state index contributed by atoms with van der Waals surface area (Å²) in [5, 5.41) is 10.0. The Bertz CT molecular complexity index is 740. The maximum absolute atomic E-state index is 12.8. The summed E-state index contributed by atoms with van der Waals surface area (Å²) in [6.45, 7) is 14.4. The Morgan fingerprint density at radius 2 is 1.39 bits per heavy atom. The molecule has 0 aromatic carbocycles. The number of amides is 4. The number of nitrogens with one attached hydrogen (secondary N) is 4. The number of alkyl carbamates (subject to hydrolysis) is 1. The van der Waals surface area contributed by atoms with Gasteiger partial charge in [-0.1, -0.05) is 13.8 Å². The fraction of sp³-hybridized carbons (Fsp3) is 0.773. The van der Waals surface area contributed by atoms with Crippen LogP contribution < -0.4 is 21.3 Å². The standard InChI is InChI=1S/C22H40N4O7/c1-13(2)11-14(24-19(31)33-20(3,4)5)16(28)26-21(6,7)17(29)23-12-15(27)25-22(8,9)18(30)32-10/h13-14H,11-12H2,1-10H3,(H,23,29)(H,24,31)(H,25,27)(H,26,28)/t14-/m0/s1. The van der Waals surface area contributed by atoms with Crippen molar-refractivity contribution < 1.29 is 33.4 Å². The van der Waals surface area contributed by atoms with Gasteiger partial charge in [0.25, 0.3) is 0 Å². The predicted molar refractivity (Wildman–Crippen MR) is 122 cm³/mol. The minimum Gasteiger partial charge on any atom is -0.467 e. The van der Waals surface area contributed by atoms with E-state index in [4.69, 9.17) is 4.74 Å². The second kappa shape index (κ2) is 11.9. The van der Waals surface area contributed by atoms with E-state index < -0.39 is 59.0 Å². The predicted octanol–water partition coefficient (Wildman–Crippen LogP) is 1.00. The van der Waals surface area contributed by atoms with Crippen molar-refractivity contribution in [1.82, 2.24) is 21.3 Å². The third-order valence-electron chi connectivity index (χ3n) is 4.28. The lowest BCUT2D eigenvalue weighted by Gasteiger charge is -2.29. The van der Waals surface area contributed by atoms with E-state index in [2.05, 4.69) is 26.0 Å². The van der Waals surface area contributed by atoms with E-state index in [1.807, 2.05) is 13.8 Å². The van der Waals surface area contributed by atoms with Gasteiger partial charge in [-0.2, -0.15) is 0 Å². The molecule has 0 aliphatic heterocycles. The maximum Gasteiger partial charge on any atom is 0.408 e. The van der Waals surface area contributed by atoms with E-state index in [9.17, 15) is 24.0 Å². The molecule has 0 bridgehead atoms. The lowest BCUT2D eigenvalue weighted by Crippen LogP contribution is -2.60. The number of carbonyl (C=O) groups is 5. The molecule has 0 aromatic heterocycles. The number of methoxy groups -OCH3 is 1. The van der Waals surface area contributed by atoms with E-state index in [1.54, 1.807) is 20.8 Å². The second-order valence-electron chi connectivity index (χ2n) is 10.3. The van der Waals surface area contributed by atoms with Crippen molar-refractivity contribution in [2.24, 2.45) is 5.92 Å². The highest BCUT2D eigenvalue weighted by Crippen LogP contribution is 2.11. The van der Waals surface area contributed by atoms with Crippen LogP contribution >= 0.6 is 0 Å². The molecule has 190 valence electrons. The molecule has 0 aliphatic rings. The molecule has 0 fully saturated rings.